The maximum absolute atomic E-state index is 2.53. The molecule has 1 unspecified atom stereocenters. The monoisotopic (exact) mass is 276 g/mol. The average Bonchev–Trinajstić information content (AvgIpc) is 2.54. The first kappa shape index (κ1) is 13.1. The van der Waals surface area contributed by atoms with Crippen LogP contribution in [0.1, 0.15) is 58.6 Å². The maximum Gasteiger partial charge on any atom is -0.0118 e. The van der Waals surface area contributed by atoms with Crippen LogP contribution in [-0.2, 0) is 25.7 Å². The SMILES string of the molecule is Cc1cccc2c1CC(c1ccc3c(c1)CCCC3)CC2. The van der Waals surface area contributed by atoms with Crippen molar-refractivity contribution in [2.75, 3.05) is 0 Å². The van der Waals surface area contributed by atoms with Crippen molar-refractivity contribution in [3.63, 3.8) is 0 Å². The number of aryl methyl sites for hydroxylation is 4. The van der Waals surface area contributed by atoms with Gasteiger partial charge < -0.3 is 0 Å². The maximum atomic E-state index is 2.53. The van der Waals surface area contributed by atoms with Crippen molar-refractivity contribution in [2.24, 2.45) is 0 Å². The summed E-state index contributed by atoms with van der Waals surface area (Å²) in [4.78, 5) is 0. The van der Waals surface area contributed by atoms with Crippen molar-refractivity contribution in [2.45, 2.75) is 57.8 Å². The topological polar surface area (TPSA) is 0 Å². The minimum Gasteiger partial charge on any atom is -0.0617 e. The fourth-order valence-electron chi connectivity index (χ4n) is 4.26. The number of rotatable bonds is 1. The zero-order valence-corrected chi connectivity index (χ0v) is 13.0. The highest BCUT2D eigenvalue weighted by Crippen LogP contribution is 2.35. The van der Waals surface area contributed by atoms with E-state index in [0.717, 1.165) is 5.92 Å². The zero-order valence-electron chi connectivity index (χ0n) is 13.0. The summed E-state index contributed by atoms with van der Waals surface area (Å²) in [5, 5.41) is 0. The van der Waals surface area contributed by atoms with Gasteiger partial charge in [0.1, 0.15) is 0 Å². The van der Waals surface area contributed by atoms with Crippen LogP contribution in [0, 0.1) is 6.92 Å². The first-order valence-electron chi connectivity index (χ1n) is 8.50. The fourth-order valence-corrected chi connectivity index (χ4v) is 4.26. The summed E-state index contributed by atoms with van der Waals surface area (Å²) < 4.78 is 0. The quantitative estimate of drug-likeness (QED) is 0.676. The molecule has 0 bridgehead atoms. The third-order valence-electron chi connectivity index (χ3n) is 5.56. The highest BCUT2D eigenvalue weighted by atomic mass is 14.3. The second-order valence-corrected chi connectivity index (χ2v) is 6.89. The number of hydrogen-bond donors (Lipinski definition) is 0. The molecule has 2 aromatic rings. The van der Waals surface area contributed by atoms with Gasteiger partial charge in [-0.3, -0.25) is 0 Å². The molecule has 0 N–H and O–H groups in total. The Labute approximate surface area is 128 Å². The molecule has 0 spiro atoms. The van der Waals surface area contributed by atoms with Crippen LogP contribution >= 0.6 is 0 Å². The molecule has 0 fully saturated rings. The molecule has 0 radical (unpaired) electrons. The normalized spacial score (nSPS) is 20.7. The lowest BCUT2D eigenvalue weighted by atomic mass is 9.77. The van der Waals surface area contributed by atoms with Crippen molar-refractivity contribution in [3.8, 4) is 0 Å². The minimum absolute atomic E-state index is 0.728. The zero-order chi connectivity index (χ0) is 14.2. The molecular formula is C21H24. The van der Waals surface area contributed by atoms with Crippen LogP contribution in [0.25, 0.3) is 0 Å². The first-order valence-corrected chi connectivity index (χ1v) is 8.50. The first-order chi connectivity index (χ1) is 10.3. The van der Waals surface area contributed by atoms with Gasteiger partial charge in [0, 0.05) is 0 Å². The van der Waals surface area contributed by atoms with Gasteiger partial charge in [0.25, 0.3) is 0 Å². The van der Waals surface area contributed by atoms with Crippen molar-refractivity contribution < 1.29 is 0 Å². The molecule has 1 atom stereocenters. The van der Waals surface area contributed by atoms with Crippen LogP contribution in [0.5, 0.6) is 0 Å². The molecule has 108 valence electrons. The average molecular weight is 276 g/mol. The molecule has 0 heterocycles. The third-order valence-corrected chi connectivity index (χ3v) is 5.56. The van der Waals surface area contributed by atoms with Gasteiger partial charge in [0.2, 0.25) is 0 Å². The summed E-state index contributed by atoms with van der Waals surface area (Å²) in [5.41, 5.74) is 9.52. The highest BCUT2D eigenvalue weighted by molar-refractivity contribution is 5.41. The molecule has 0 aliphatic heterocycles. The fraction of sp³-hybridized carbons (Fsp3) is 0.429. The predicted octanol–water partition coefficient (Wildman–Crippen LogP) is 5.15. The second kappa shape index (κ2) is 5.33. The number of benzene rings is 2. The third kappa shape index (κ3) is 2.41. The Balaban J connectivity index is 1.65. The van der Waals surface area contributed by atoms with E-state index in [4.69, 9.17) is 0 Å². The lowest BCUT2D eigenvalue weighted by Gasteiger charge is -2.27. The number of fused-ring (bicyclic) bond motifs is 2. The largest absolute Gasteiger partial charge is 0.0617 e. The van der Waals surface area contributed by atoms with E-state index >= 15 is 0 Å². The van der Waals surface area contributed by atoms with Gasteiger partial charge in [-0.15, -0.1) is 0 Å². The Morgan fingerprint density at radius 2 is 1.71 bits per heavy atom. The van der Waals surface area contributed by atoms with Crippen LogP contribution in [0.3, 0.4) is 0 Å². The summed E-state index contributed by atoms with van der Waals surface area (Å²) in [6.07, 6.45) is 9.15. The summed E-state index contributed by atoms with van der Waals surface area (Å²) in [6, 6.07) is 14.2. The number of hydrogen-bond acceptors (Lipinski definition) is 0. The van der Waals surface area contributed by atoms with E-state index in [2.05, 4.69) is 43.3 Å². The van der Waals surface area contributed by atoms with E-state index in [1.165, 1.54) is 50.5 Å². The Bertz CT molecular complexity index is 666. The minimum atomic E-state index is 0.728. The lowest BCUT2D eigenvalue weighted by molar-refractivity contribution is 0.580. The summed E-state index contributed by atoms with van der Waals surface area (Å²) >= 11 is 0. The predicted molar refractivity (Wildman–Crippen MR) is 89.0 cm³/mol. The van der Waals surface area contributed by atoms with E-state index in [9.17, 15) is 0 Å². The highest BCUT2D eigenvalue weighted by Gasteiger charge is 2.22. The van der Waals surface area contributed by atoms with Gasteiger partial charge in [-0.2, -0.15) is 0 Å². The van der Waals surface area contributed by atoms with Crippen LogP contribution in [0.15, 0.2) is 36.4 Å². The van der Waals surface area contributed by atoms with Crippen molar-refractivity contribution in [1.29, 1.82) is 0 Å². The molecule has 0 aromatic heterocycles. The van der Waals surface area contributed by atoms with Crippen molar-refractivity contribution in [3.05, 3.63) is 69.8 Å². The van der Waals surface area contributed by atoms with E-state index in [1.807, 2.05) is 0 Å². The van der Waals surface area contributed by atoms with Crippen LogP contribution in [0.2, 0.25) is 0 Å². The van der Waals surface area contributed by atoms with Crippen molar-refractivity contribution >= 4 is 0 Å². The smallest absolute Gasteiger partial charge is 0.0118 e. The van der Waals surface area contributed by atoms with E-state index in [-0.39, 0.29) is 0 Å². The molecule has 0 nitrogen and oxygen atoms in total. The van der Waals surface area contributed by atoms with Gasteiger partial charge in [0.05, 0.1) is 0 Å². The summed E-state index contributed by atoms with van der Waals surface area (Å²) in [7, 11) is 0. The molecule has 0 heteroatoms. The van der Waals surface area contributed by atoms with Gasteiger partial charge >= 0.3 is 0 Å². The van der Waals surface area contributed by atoms with Gasteiger partial charge in [-0.25, -0.2) is 0 Å². The Morgan fingerprint density at radius 3 is 2.62 bits per heavy atom. The Morgan fingerprint density at radius 1 is 0.857 bits per heavy atom. The lowest BCUT2D eigenvalue weighted by Crippen LogP contribution is -2.15. The van der Waals surface area contributed by atoms with Crippen LogP contribution in [0.4, 0.5) is 0 Å². The Kier molecular flexibility index (Phi) is 3.33. The molecule has 2 aromatic carbocycles. The van der Waals surface area contributed by atoms with Gasteiger partial charge in [-0.1, -0.05) is 36.4 Å². The molecule has 21 heavy (non-hydrogen) atoms. The molecule has 0 saturated carbocycles. The standard InChI is InChI=1S/C21H24/c1-15-5-4-8-17-10-12-20(14-21(15)17)19-11-9-16-6-2-3-7-18(16)13-19/h4-5,8-9,11,13,20H,2-3,6-7,10,12,14H2,1H3. The molecular weight excluding hydrogens is 252 g/mol. The van der Waals surface area contributed by atoms with Crippen LogP contribution < -0.4 is 0 Å². The molecule has 0 amide bonds. The van der Waals surface area contributed by atoms with E-state index < -0.39 is 0 Å². The van der Waals surface area contributed by atoms with E-state index in [0.29, 0.717) is 0 Å². The molecule has 2 aliphatic rings. The molecule has 0 saturated heterocycles. The van der Waals surface area contributed by atoms with Crippen LogP contribution in [-0.4, -0.2) is 0 Å². The summed E-state index contributed by atoms with van der Waals surface area (Å²) in [6.45, 7) is 2.27. The molecule has 4 rings (SSSR count). The second-order valence-electron chi connectivity index (χ2n) is 6.89. The molecule has 2 aliphatic carbocycles. The van der Waals surface area contributed by atoms with Gasteiger partial charge in [-0.05, 0) is 91.2 Å². The Hall–Kier alpha value is -1.56. The van der Waals surface area contributed by atoms with Gasteiger partial charge in [0.15, 0.2) is 0 Å². The van der Waals surface area contributed by atoms with Crippen molar-refractivity contribution in [1.82, 2.24) is 0 Å². The van der Waals surface area contributed by atoms with E-state index in [1.54, 1.807) is 27.8 Å². The summed E-state index contributed by atoms with van der Waals surface area (Å²) in [5.74, 6) is 0.728.